The molecule has 0 aliphatic carbocycles. The van der Waals surface area contributed by atoms with E-state index in [1.807, 2.05) is 6.07 Å². The zero-order valence-corrected chi connectivity index (χ0v) is 11.5. The van der Waals surface area contributed by atoms with Crippen LogP contribution >= 0.6 is 11.3 Å². The molecule has 0 spiro atoms. The van der Waals surface area contributed by atoms with Crippen LogP contribution in [0.5, 0.6) is 0 Å². The molecule has 1 aliphatic rings. The maximum atomic E-state index is 10.3. The van der Waals surface area contributed by atoms with Gasteiger partial charge in [0, 0.05) is 9.75 Å². The average molecular weight is 252 g/mol. The summed E-state index contributed by atoms with van der Waals surface area (Å²) in [5.41, 5.74) is 1.15. The maximum absolute atomic E-state index is 10.3. The van der Waals surface area contributed by atoms with Gasteiger partial charge in [0.25, 0.3) is 0 Å². The van der Waals surface area contributed by atoms with Crippen molar-refractivity contribution in [3.63, 3.8) is 0 Å². The average Bonchev–Trinajstić information content (AvgIpc) is 2.78. The summed E-state index contributed by atoms with van der Waals surface area (Å²) in [6.07, 6.45) is 3.17. The van der Waals surface area contributed by atoms with Crippen LogP contribution in [0.4, 0.5) is 0 Å². The monoisotopic (exact) mass is 252 g/mol. The molecule has 17 heavy (non-hydrogen) atoms. The summed E-state index contributed by atoms with van der Waals surface area (Å²) in [5, 5.41) is 10.3. The molecule has 0 aromatic carbocycles. The molecule has 1 unspecified atom stereocenters. The Morgan fingerprint density at radius 1 is 1.35 bits per heavy atom. The van der Waals surface area contributed by atoms with Crippen LogP contribution < -0.4 is 0 Å². The van der Waals surface area contributed by atoms with E-state index < -0.39 is 6.10 Å². The van der Waals surface area contributed by atoms with E-state index in [-0.39, 0.29) is 5.41 Å². The van der Waals surface area contributed by atoms with Gasteiger partial charge in [-0.15, -0.1) is 11.3 Å². The standard InChI is InChI=1S/C14H20O2S/c1-14(2,3)12-7-6-11(17-12)13(15)10-5-4-8-16-9-10/h6-7,9,13,15H,4-5,8H2,1-3H3. The zero-order valence-electron chi connectivity index (χ0n) is 10.7. The lowest BCUT2D eigenvalue weighted by Crippen LogP contribution is -2.08. The third-order valence-corrected chi connectivity index (χ3v) is 4.51. The molecule has 2 heterocycles. The minimum absolute atomic E-state index is 0.153. The Kier molecular flexibility index (Phi) is 3.59. The molecule has 1 aliphatic heterocycles. The SMILES string of the molecule is CC(C)(C)c1ccc(C(O)C2=COCCC2)s1. The second-order valence-electron chi connectivity index (χ2n) is 5.52. The lowest BCUT2D eigenvalue weighted by Gasteiger charge is -2.18. The van der Waals surface area contributed by atoms with Crippen molar-refractivity contribution in [2.24, 2.45) is 0 Å². The molecule has 94 valence electrons. The lowest BCUT2D eigenvalue weighted by molar-refractivity contribution is 0.172. The summed E-state index contributed by atoms with van der Waals surface area (Å²) in [6.45, 7) is 7.35. The van der Waals surface area contributed by atoms with Crippen LogP contribution in [0.25, 0.3) is 0 Å². The van der Waals surface area contributed by atoms with Crippen LogP contribution in [-0.2, 0) is 10.2 Å². The van der Waals surface area contributed by atoms with E-state index in [0.717, 1.165) is 29.9 Å². The van der Waals surface area contributed by atoms with E-state index >= 15 is 0 Å². The van der Waals surface area contributed by atoms with E-state index in [2.05, 4.69) is 26.8 Å². The highest BCUT2D eigenvalue weighted by molar-refractivity contribution is 7.12. The molecular weight excluding hydrogens is 232 g/mol. The second kappa shape index (κ2) is 4.83. The van der Waals surface area contributed by atoms with Crippen LogP contribution in [0.15, 0.2) is 24.0 Å². The van der Waals surface area contributed by atoms with E-state index in [0.29, 0.717) is 0 Å². The van der Waals surface area contributed by atoms with Crippen LogP contribution in [-0.4, -0.2) is 11.7 Å². The maximum Gasteiger partial charge on any atom is 0.112 e. The van der Waals surface area contributed by atoms with Crippen molar-refractivity contribution in [1.29, 1.82) is 0 Å². The Morgan fingerprint density at radius 3 is 2.65 bits per heavy atom. The molecule has 0 saturated heterocycles. The molecule has 1 N–H and O–H groups in total. The molecular formula is C14H20O2S. The number of thiophene rings is 1. The number of ether oxygens (including phenoxy) is 1. The fourth-order valence-electron chi connectivity index (χ4n) is 1.87. The number of hydrogen-bond acceptors (Lipinski definition) is 3. The summed E-state index contributed by atoms with van der Waals surface area (Å²) < 4.78 is 5.28. The molecule has 1 aromatic heterocycles. The molecule has 1 aromatic rings. The molecule has 0 radical (unpaired) electrons. The molecule has 3 heteroatoms. The van der Waals surface area contributed by atoms with Crippen LogP contribution in [0, 0.1) is 0 Å². The molecule has 0 fully saturated rings. The Bertz CT molecular complexity index is 412. The summed E-state index contributed by atoms with van der Waals surface area (Å²) in [7, 11) is 0. The molecule has 2 nitrogen and oxygen atoms in total. The molecule has 0 amide bonds. The predicted molar refractivity (Wildman–Crippen MR) is 71.2 cm³/mol. The van der Waals surface area contributed by atoms with Crippen molar-refractivity contribution in [1.82, 2.24) is 0 Å². The van der Waals surface area contributed by atoms with Gasteiger partial charge in [-0.2, -0.15) is 0 Å². The Balaban J connectivity index is 2.17. The van der Waals surface area contributed by atoms with Crippen molar-refractivity contribution in [2.75, 3.05) is 6.61 Å². The van der Waals surface area contributed by atoms with Crippen molar-refractivity contribution in [3.8, 4) is 0 Å². The van der Waals surface area contributed by atoms with E-state index in [1.165, 1.54) is 4.88 Å². The largest absolute Gasteiger partial charge is 0.501 e. The second-order valence-corrected chi connectivity index (χ2v) is 6.64. The zero-order chi connectivity index (χ0) is 12.5. The quantitative estimate of drug-likeness (QED) is 0.868. The van der Waals surface area contributed by atoms with Crippen molar-refractivity contribution in [2.45, 2.75) is 45.1 Å². The van der Waals surface area contributed by atoms with Crippen LogP contribution in [0.3, 0.4) is 0 Å². The number of rotatable bonds is 2. The van der Waals surface area contributed by atoms with Crippen molar-refractivity contribution < 1.29 is 9.84 Å². The van der Waals surface area contributed by atoms with Crippen LogP contribution in [0.2, 0.25) is 0 Å². The fourth-order valence-corrected chi connectivity index (χ4v) is 2.97. The highest BCUT2D eigenvalue weighted by Crippen LogP contribution is 2.36. The van der Waals surface area contributed by atoms with Crippen LogP contribution in [0.1, 0.15) is 49.5 Å². The summed E-state index contributed by atoms with van der Waals surface area (Å²) in [6, 6.07) is 4.15. The Morgan fingerprint density at radius 2 is 2.12 bits per heavy atom. The predicted octanol–water partition coefficient (Wildman–Crippen LogP) is 3.77. The molecule has 0 bridgehead atoms. The normalized spacial score (nSPS) is 18.5. The minimum atomic E-state index is -0.489. The highest BCUT2D eigenvalue weighted by atomic mass is 32.1. The first-order chi connectivity index (χ1) is 7.98. The number of hydrogen-bond donors (Lipinski definition) is 1. The number of aliphatic hydroxyl groups is 1. The Labute approximate surface area is 107 Å². The first-order valence-corrected chi connectivity index (χ1v) is 6.89. The van der Waals surface area contributed by atoms with Gasteiger partial charge in [-0.05, 0) is 36.0 Å². The highest BCUT2D eigenvalue weighted by Gasteiger charge is 2.21. The fraction of sp³-hybridized carbons (Fsp3) is 0.571. The van der Waals surface area contributed by atoms with E-state index in [1.54, 1.807) is 17.6 Å². The molecule has 2 rings (SSSR count). The first kappa shape index (κ1) is 12.7. The smallest absolute Gasteiger partial charge is 0.112 e. The lowest BCUT2D eigenvalue weighted by atomic mass is 9.95. The third kappa shape index (κ3) is 2.90. The third-order valence-electron chi connectivity index (χ3n) is 2.95. The van der Waals surface area contributed by atoms with Gasteiger partial charge in [0.05, 0.1) is 12.9 Å². The van der Waals surface area contributed by atoms with Gasteiger partial charge in [-0.1, -0.05) is 20.8 Å². The van der Waals surface area contributed by atoms with Gasteiger partial charge in [0.1, 0.15) is 6.10 Å². The van der Waals surface area contributed by atoms with E-state index in [4.69, 9.17) is 4.74 Å². The molecule has 0 saturated carbocycles. The summed E-state index contributed by atoms with van der Waals surface area (Å²) in [5.74, 6) is 0. The summed E-state index contributed by atoms with van der Waals surface area (Å²) >= 11 is 1.70. The van der Waals surface area contributed by atoms with Gasteiger partial charge in [-0.25, -0.2) is 0 Å². The van der Waals surface area contributed by atoms with Gasteiger partial charge in [0.2, 0.25) is 0 Å². The minimum Gasteiger partial charge on any atom is -0.501 e. The Hall–Kier alpha value is -0.800. The number of aliphatic hydroxyl groups excluding tert-OH is 1. The van der Waals surface area contributed by atoms with Gasteiger partial charge < -0.3 is 9.84 Å². The molecule has 1 atom stereocenters. The first-order valence-electron chi connectivity index (χ1n) is 6.07. The van der Waals surface area contributed by atoms with Gasteiger partial charge in [0.15, 0.2) is 0 Å². The van der Waals surface area contributed by atoms with Gasteiger partial charge in [-0.3, -0.25) is 0 Å². The van der Waals surface area contributed by atoms with Crippen molar-refractivity contribution in [3.05, 3.63) is 33.7 Å². The van der Waals surface area contributed by atoms with Gasteiger partial charge >= 0.3 is 0 Å². The topological polar surface area (TPSA) is 29.5 Å². The summed E-state index contributed by atoms with van der Waals surface area (Å²) in [4.78, 5) is 2.33. The van der Waals surface area contributed by atoms with E-state index in [9.17, 15) is 5.11 Å². The van der Waals surface area contributed by atoms with Crippen molar-refractivity contribution >= 4 is 11.3 Å².